The van der Waals surface area contributed by atoms with Gasteiger partial charge < -0.3 is 40.9 Å². The van der Waals surface area contributed by atoms with Crippen LogP contribution in [0.3, 0.4) is 0 Å². The zero-order valence-corrected chi connectivity index (χ0v) is 27.9. The zero-order chi connectivity index (χ0) is 41.1. The van der Waals surface area contributed by atoms with Crippen LogP contribution >= 0.6 is 0 Å². The summed E-state index contributed by atoms with van der Waals surface area (Å²) in [6.45, 7) is 7.17. The van der Waals surface area contributed by atoms with Crippen LogP contribution < -0.4 is 0 Å². The molecule has 54 heavy (non-hydrogen) atoms. The maximum atomic E-state index is 11.3. The average molecular weight is 745 g/mol. The maximum Gasteiger partial charge on any atom is 0.336 e. The molecule has 0 heterocycles. The number of benzene rings is 4. The molecule has 0 amide bonds. The molecule has 280 valence electrons. The van der Waals surface area contributed by atoms with Crippen molar-refractivity contribution in [3.8, 4) is 0 Å². The van der Waals surface area contributed by atoms with Gasteiger partial charge in [0.05, 0.1) is 44.5 Å². The van der Waals surface area contributed by atoms with Gasteiger partial charge in [0.1, 0.15) is 0 Å². The summed E-state index contributed by atoms with van der Waals surface area (Å²) in [5, 5.41) is 69.5. The Morgan fingerprint density at radius 3 is 0.833 bits per heavy atom. The smallest absolute Gasteiger partial charge is 0.336 e. The highest BCUT2D eigenvalue weighted by atomic mass is 16.4. The molecule has 0 fully saturated rings. The predicted molar refractivity (Wildman–Crippen MR) is 189 cm³/mol. The molecule has 0 saturated carbocycles. The Labute approximate surface area is 305 Å². The summed E-state index contributed by atoms with van der Waals surface area (Å²) in [7, 11) is 0. The molecule has 0 atom stereocenters. The largest absolute Gasteiger partial charge is 0.478 e. The number of allylic oxidation sites excluding steroid dienone is 2. The Balaban J connectivity index is 0.000000366. The van der Waals surface area contributed by atoms with Gasteiger partial charge in [-0.25, -0.2) is 38.4 Å². The Morgan fingerprint density at radius 2 is 0.630 bits per heavy atom. The fraction of sp³-hybridized carbons (Fsp3) is 0.0526. The number of carboxylic acid groups (broad SMARTS) is 8. The number of carbonyl (C=O) groups is 8. The molecule has 16 heteroatoms. The average Bonchev–Trinajstić information content (AvgIpc) is 3.12. The van der Waals surface area contributed by atoms with E-state index in [0.29, 0.717) is 18.4 Å². The first kappa shape index (κ1) is 44.1. The molecule has 0 unspecified atom stereocenters. The lowest BCUT2D eigenvalue weighted by Crippen LogP contribution is -2.13. The first-order valence-electron chi connectivity index (χ1n) is 14.9. The SMILES string of the molecule is C=CCc1ccc(C(=O)O)c(C(=O)O)c1CC=C.O=C(O)c1ccccc1C(=O)O.O=C(O)c1ccccc1C(=O)O.O=C(O)c1ccccc1C(=O)O. The molecule has 4 rings (SSSR count). The van der Waals surface area contributed by atoms with E-state index in [1.54, 1.807) is 18.2 Å². The first-order valence-corrected chi connectivity index (χ1v) is 14.9. The van der Waals surface area contributed by atoms with Gasteiger partial charge in [0.25, 0.3) is 0 Å². The van der Waals surface area contributed by atoms with Gasteiger partial charge in [-0.05, 0) is 66.4 Å². The van der Waals surface area contributed by atoms with E-state index in [9.17, 15) is 43.5 Å². The Bertz CT molecular complexity index is 1840. The van der Waals surface area contributed by atoms with E-state index < -0.39 is 47.8 Å². The highest BCUT2D eigenvalue weighted by Crippen LogP contribution is 2.22. The lowest BCUT2D eigenvalue weighted by atomic mass is 9.92. The second-order valence-corrected chi connectivity index (χ2v) is 10.2. The van der Waals surface area contributed by atoms with Crippen molar-refractivity contribution in [2.75, 3.05) is 0 Å². The fourth-order valence-corrected chi connectivity index (χ4v) is 4.41. The molecular formula is C38H32O16. The van der Waals surface area contributed by atoms with Crippen LogP contribution in [0.5, 0.6) is 0 Å². The molecule has 0 aliphatic carbocycles. The third-order valence-corrected chi connectivity index (χ3v) is 6.73. The standard InChI is InChI=1S/C14H14O4.3C8H6O4/c1-3-5-9-7-8-11(13(15)16)12(14(17)18)10(9)6-4-2;3*9-7(10)5-3-1-2-4-6(5)8(11)12/h3-4,7-8H,1-2,5-6H2,(H,15,16)(H,17,18);3*1-4H,(H,9,10)(H,11,12). The monoisotopic (exact) mass is 744 g/mol. The summed E-state index contributed by atoms with van der Waals surface area (Å²) < 4.78 is 0. The molecule has 0 radical (unpaired) electrons. The predicted octanol–water partition coefficient (Wildman–Crippen LogP) is 5.79. The number of carboxylic acids is 8. The normalized spacial score (nSPS) is 9.48. The molecule has 0 spiro atoms. The van der Waals surface area contributed by atoms with E-state index in [1.807, 2.05) is 0 Å². The third kappa shape index (κ3) is 12.8. The van der Waals surface area contributed by atoms with Crippen LogP contribution in [0.4, 0.5) is 0 Å². The van der Waals surface area contributed by atoms with E-state index in [0.717, 1.165) is 5.56 Å². The van der Waals surface area contributed by atoms with Gasteiger partial charge in [-0.15, -0.1) is 13.2 Å². The molecular weight excluding hydrogens is 712 g/mol. The van der Waals surface area contributed by atoms with Crippen molar-refractivity contribution in [2.24, 2.45) is 0 Å². The van der Waals surface area contributed by atoms with Gasteiger partial charge in [0.15, 0.2) is 0 Å². The van der Waals surface area contributed by atoms with Gasteiger partial charge in [0.2, 0.25) is 0 Å². The van der Waals surface area contributed by atoms with Gasteiger partial charge >= 0.3 is 47.8 Å². The van der Waals surface area contributed by atoms with Crippen LogP contribution in [-0.4, -0.2) is 88.6 Å². The summed E-state index contributed by atoms with van der Waals surface area (Å²) >= 11 is 0. The van der Waals surface area contributed by atoms with Crippen LogP contribution in [0.1, 0.15) is 94.0 Å². The lowest BCUT2D eigenvalue weighted by Gasteiger charge is -2.12. The van der Waals surface area contributed by atoms with Crippen LogP contribution in [0.25, 0.3) is 0 Å². The maximum absolute atomic E-state index is 11.3. The second kappa shape index (κ2) is 21.4. The van der Waals surface area contributed by atoms with Crippen molar-refractivity contribution in [3.05, 3.63) is 166 Å². The zero-order valence-electron chi connectivity index (χ0n) is 27.9. The van der Waals surface area contributed by atoms with Crippen molar-refractivity contribution in [2.45, 2.75) is 12.8 Å². The van der Waals surface area contributed by atoms with Gasteiger partial charge in [0, 0.05) is 0 Å². The minimum Gasteiger partial charge on any atom is -0.478 e. The molecule has 0 bridgehead atoms. The molecule has 0 aliphatic rings. The van der Waals surface area contributed by atoms with Gasteiger partial charge in [-0.1, -0.05) is 54.6 Å². The quantitative estimate of drug-likeness (QED) is 0.0796. The van der Waals surface area contributed by atoms with Crippen LogP contribution in [0.15, 0.2) is 110 Å². The van der Waals surface area contributed by atoms with Crippen molar-refractivity contribution < 1.29 is 79.2 Å². The second-order valence-electron chi connectivity index (χ2n) is 10.2. The van der Waals surface area contributed by atoms with E-state index in [1.165, 1.54) is 78.9 Å². The Hall–Kier alpha value is -7.88. The minimum absolute atomic E-state index is 0.165. The van der Waals surface area contributed by atoms with Crippen molar-refractivity contribution in [3.63, 3.8) is 0 Å². The summed E-state index contributed by atoms with van der Waals surface area (Å²) in [6.07, 6.45) is 4.00. The van der Waals surface area contributed by atoms with Crippen LogP contribution in [-0.2, 0) is 12.8 Å². The van der Waals surface area contributed by atoms with Gasteiger partial charge in [-0.2, -0.15) is 0 Å². The first-order chi connectivity index (χ1) is 25.4. The molecule has 4 aromatic carbocycles. The van der Waals surface area contributed by atoms with E-state index in [-0.39, 0.29) is 44.5 Å². The van der Waals surface area contributed by atoms with Gasteiger partial charge in [-0.3, -0.25) is 0 Å². The number of hydrogen-bond donors (Lipinski definition) is 8. The topological polar surface area (TPSA) is 298 Å². The molecule has 0 saturated heterocycles. The van der Waals surface area contributed by atoms with Crippen LogP contribution in [0.2, 0.25) is 0 Å². The summed E-state index contributed by atoms with van der Waals surface area (Å²) in [5.74, 6) is -9.86. The Morgan fingerprint density at radius 1 is 0.370 bits per heavy atom. The minimum atomic E-state index is -1.25. The molecule has 4 aromatic rings. The number of hydrogen-bond acceptors (Lipinski definition) is 8. The molecule has 0 aromatic heterocycles. The highest BCUT2D eigenvalue weighted by Gasteiger charge is 2.22. The van der Waals surface area contributed by atoms with Crippen molar-refractivity contribution >= 4 is 47.8 Å². The van der Waals surface area contributed by atoms with Crippen molar-refractivity contribution in [1.29, 1.82) is 0 Å². The lowest BCUT2D eigenvalue weighted by molar-refractivity contribution is 0.0650. The molecule has 8 N–H and O–H groups in total. The van der Waals surface area contributed by atoms with Crippen LogP contribution in [0, 0.1) is 0 Å². The number of rotatable bonds is 12. The molecule has 0 aliphatic heterocycles. The highest BCUT2D eigenvalue weighted by molar-refractivity contribution is 6.04. The summed E-state index contributed by atoms with van der Waals surface area (Å²) in [5.41, 5.74) is -0.265. The van der Waals surface area contributed by atoms with Crippen molar-refractivity contribution in [1.82, 2.24) is 0 Å². The third-order valence-electron chi connectivity index (χ3n) is 6.73. The summed E-state index contributed by atoms with van der Waals surface area (Å²) in [6, 6.07) is 19.4. The number of aromatic carboxylic acids is 8. The van der Waals surface area contributed by atoms with E-state index in [4.69, 9.17) is 35.7 Å². The summed E-state index contributed by atoms with van der Waals surface area (Å²) in [4.78, 5) is 85.1. The fourth-order valence-electron chi connectivity index (χ4n) is 4.41. The van der Waals surface area contributed by atoms with E-state index >= 15 is 0 Å². The Kier molecular flexibility index (Phi) is 17.5. The molecule has 16 nitrogen and oxygen atoms in total. The van der Waals surface area contributed by atoms with E-state index in [2.05, 4.69) is 13.2 Å².